The lowest BCUT2D eigenvalue weighted by Gasteiger charge is -2.31. The Bertz CT molecular complexity index is 549. The van der Waals surface area contributed by atoms with Crippen LogP contribution in [0, 0.1) is 23.7 Å². The molecule has 1 heterocycles. The lowest BCUT2D eigenvalue weighted by atomic mass is 9.80. The van der Waals surface area contributed by atoms with Gasteiger partial charge in [-0.3, -0.25) is 9.78 Å². The van der Waals surface area contributed by atoms with Crippen molar-refractivity contribution >= 4 is 5.91 Å². The van der Waals surface area contributed by atoms with Gasteiger partial charge in [-0.05, 0) is 37.2 Å². The highest BCUT2D eigenvalue weighted by Crippen LogP contribution is 2.28. The third-order valence-electron chi connectivity index (χ3n) is 3.85. The molecule has 0 aliphatic heterocycles. The number of aromatic nitrogens is 1. The summed E-state index contributed by atoms with van der Waals surface area (Å²) in [5, 5.41) is 3.13. The molecule has 3 N–H and O–H groups in total. The number of pyridine rings is 1. The summed E-state index contributed by atoms with van der Waals surface area (Å²) in [7, 11) is 0. The van der Waals surface area contributed by atoms with Gasteiger partial charge in [-0.25, -0.2) is 0 Å². The van der Waals surface area contributed by atoms with Gasteiger partial charge in [0.1, 0.15) is 0 Å². The van der Waals surface area contributed by atoms with E-state index in [-0.39, 0.29) is 11.9 Å². The predicted octanol–water partition coefficient (Wildman–Crippen LogP) is 1.95. The van der Waals surface area contributed by atoms with Gasteiger partial charge in [-0.1, -0.05) is 25.7 Å². The molecule has 21 heavy (non-hydrogen) atoms. The van der Waals surface area contributed by atoms with E-state index in [0.717, 1.165) is 18.4 Å². The number of amides is 1. The zero-order chi connectivity index (χ0) is 15.2. The van der Waals surface area contributed by atoms with Gasteiger partial charge in [0.2, 0.25) is 0 Å². The van der Waals surface area contributed by atoms with Crippen LogP contribution in [0.5, 0.6) is 0 Å². The molecule has 1 fully saturated rings. The van der Waals surface area contributed by atoms with Gasteiger partial charge in [0.15, 0.2) is 0 Å². The minimum atomic E-state index is -0.0646. The Morgan fingerprint density at radius 1 is 1.33 bits per heavy atom. The maximum atomic E-state index is 12.3. The molecule has 0 aromatic carbocycles. The average Bonchev–Trinajstić information content (AvgIpc) is 2.44. The lowest BCUT2D eigenvalue weighted by molar-refractivity contribution is 0.0911. The van der Waals surface area contributed by atoms with Crippen LogP contribution in [0.25, 0.3) is 0 Å². The zero-order valence-corrected chi connectivity index (χ0v) is 12.7. The van der Waals surface area contributed by atoms with Gasteiger partial charge < -0.3 is 11.1 Å². The van der Waals surface area contributed by atoms with Crippen LogP contribution < -0.4 is 11.1 Å². The van der Waals surface area contributed by atoms with Crippen LogP contribution in [-0.4, -0.2) is 23.5 Å². The smallest absolute Gasteiger partial charge is 0.253 e. The summed E-state index contributed by atoms with van der Waals surface area (Å²) in [5.74, 6) is 6.94. The standard InChI is InChI=1S/C17H23N3O/c1-12-6-13(2)8-16(7-12)20-17(21)15-9-14(4-3-5-18)10-19-11-15/h9-13,16H,5-8,18H2,1-2H3,(H,20,21). The molecule has 0 bridgehead atoms. The minimum Gasteiger partial charge on any atom is -0.349 e. The fraction of sp³-hybridized carbons (Fsp3) is 0.529. The van der Waals surface area contributed by atoms with Gasteiger partial charge in [0, 0.05) is 24.0 Å². The molecule has 0 spiro atoms. The van der Waals surface area contributed by atoms with E-state index in [4.69, 9.17) is 5.73 Å². The van der Waals surface area contributed by atoms with Crippen LogP contribution in [-0.2, 0) is 0 Å². The number of nitrogens with zero attached hydrogens (tertiary/aromatic N) is 1. The Kier molecular flexibility index (Phi) is 5.35. The molecule has 0 saturated heterocycles. The number of rotatable bonds is 2. The fourth-order valence-corrected chi connectivity index (χ4v) is 3.12. The van der Waals surface area contributed by atoms with Gasteiger partial charge in [-0.2, -0.15) is 0 Å². The van der Waals surface area contributed by atoms with Crippen molar-refractivity contribution in [3.8, 4) is 11.8 Å². The maximum Gasteiger partial charge on any atom is 0.253 e. The molecule has 2 rings (SSSR count). The number of carbonyl (C=O) groups excluding carboxylic acids is 1. The highest BCUT2D eigenvalue weighted by atomic mass is 16.1. The van der Waals surface area contributed by atoms with Crippen molar-refractivity contribution in [3.63, 3.8) is 0 Å². The summed E-state index contributed by atoms with van der Waals surface area (Å²) in [4.78, 5) is 16.4. The van der Waals surface area contributed by atoms with Crippen LogP contribution in [0.2, 0.25) is 0 Å². The van der Waals surface area contributed by atoms with Crippen molar-refractivity contribution in [2.75, 3.05) is 6.54 Å². The Morgan fingerprint density at radius 2 is 2.05 bits per heavy atom. The first-order valence-corrected chi connectivity index (χ1v) is 7.53. The molecule has 1 aromatic heterocycles. The maximum absolute atomic E-state index is 12.3. The van der Waals surface area contributed by atoms with Crippen molar-refractivity contribution in [2.45, 2.75) is 39.2 Å². The molecule has 1 aromatic rings. The van der Waals surface area contributed by atoms with Crippen LogP contribution >= 0.6 is 0 Å². The van der Waals surface area contributed by atoms with Gasteiger partial charge >= 0.3 is 0 Å². The van der Waals surface area contributed by atoms with E-state index in [0.29, 0.717) is 23.9 Å². The summed E-state index contributed by atoms with van der Waals surface area (Å²) in [6.45, 7) is 4.80. The van der Waals surface area contributed by atoms with Crippen molar-refractivity contribution in [1.82, 2.24) is 10.3 Å². The molecule has 1 aliphatic carbocycles. The monoisotopic (exact) mass is 285 g/mol. The van der Waals surface area contributed by atoms with Crippen LogP contribution in [0.3, 0.4) is 0 Å². The first-order valence-electron chi connectivity index (χ1n) is 7.53. The third-order valence-corrected chi connectivity index (χ3v) is 3.85. The van der Waals surface area contributed by atoms with Crippen molar-refractivity contribution in [2.24, 2.45) is 17.6 Å². The van der Waals surface area contributed by atoms with E-state index in [1.54, 1.807) is 18.5 Å². The SMILES string of the molecule is CC1CC(C)CC(NC(=O)c2cncc(C#CCN)c2)C1. The largest absolute Gasteiger partial charge is 0.349 e. The third kappa shape index (κ3) is 4.57. The van der Waals surface area contributed by atoms with Gasteiger partial charge in [0.05, 0.1) is 12.1 Å². The second kappa shape index (κ2) is 7.24. The Morgan fingerprint density at radius 3 is 2.71 bits per heavy atom. The highest BCUT2D eigenvalue weighted by molar-refractivity contribution is 5.94. The molecular weight excluding hydrogens is 262 g/mol. The number of hydrogen-bond donors (Lipinski definition) is 2. The highest BCUT2D eigenvalue weighted by Gasteiger charge is 2.25. The molecule has 2 unspecified atom stereocenters. The number of hydrogen-bond acceptors (Lipinski definition) is 3. The predicted molar refractivity (Wildman–Crippen MR) is 83.6 cm³/mol. The van der Waals surface area contributed by atoms with E-state index >= 15 is 0 Å². The molecule has 0 radical (unpaired) electrons. The molecule has 1 aliphatic rings. The van der Waals surface area contributed by atoms with E-state index in [9.17, 15) is 4.79 Å². The summed E-state index contributed by atoms with van der Waals surface area (Å²) in [5.41, 5.74) is 6.63. The van der Waals surface area contributed by atoms with Gasteiger partial charge in [-0.15, -0.1) is 0 Å². The number of nitrogens with one attached hydrogen (secondary N) is 1. The van der Waals surface area contributed by atoms with E-state index < -0.39 is 0 Å². The molecular formula is C17H23N3O. The average molecular weight is 285 g/mol. The second-order valence-corrected chi connectivity index (χ2v) is 6.06. The number of carbonyl (C=O) groups is 1. The first kappa shape index (κ1) is 15.5. The van der Waals surface area contributed by atoms with Crippen LogP contribution in [0.1, 0.15) is 49.0 Å². The van der Waals surface area contributed by atoms with E-state index in [2.05, 4.69) is 36.0 Å². The molecule has 1 saturated carbocycles. The Hall–Kier alpha value is -1.86. The summed E-state index contributed by atoms with van der Waals surface area (Å²) >= 11 is 0. The summed E-state index contributed by atoms with van der Waals surface area (Å²) < 4.78 is 0. The normalized spacial score (nSPS) is 24.8. The van der Waals surface area contributed by atoms with Crippen LogP contribution in [0.4, 0.5) is 0 Å². The first-order chi connectivity index (χ1) is 10.1. The van der Waals surface area contributed by atoms with Crippen molar-refractivity contribution < 1.29 is 4.79 Å². The van der Waals surface area contributed by atoms with E-state index in [1.165, 1.54) is 6.42 Å². The Labute approximate surface area is 126 Å². The second-order valence-electron chi connectivity index (χ2n) is 6.06. The molecule has 112 valence electrons. The fourth-order valence-electron chi connectivity index (χ4n) is 3.12. The Balaban J connectivity index is 2.03. The van der Waals surface area contributed by atoms with Crippen molar-refractivity contribution in [3.05, 3.63) is 29.6 Å². The topological polar surface area (TPSA) is 68.0 Å². The zero-order valence-electron chi connectivity index (χ0n) is 12.7. The molecule has 4 nitrogen and oxygen atoms in total. The minimum absolute atomic E-state index is 0.0646. The molecule has 4 heteroatoms. The van der Waals surface area contributed by atoms with E-state index in [1.807, 2.05) is 0 Å². The number of nitrogens with two attached hydrogens (primary N) is 1. The summed E-state index contributed by atoms with van der Waals surface area (Å²) in [6, 6.07) is 2.02. The van der Waals surface area contributed by atoms with Gasteiger partial charge in [0.25, 0.3) is 5.91 Å². The van der Waals surface area contributed by atoms with Crippen molar-refractivity contribution in [1.29, 1.82) is 0 Å². The molecule has 1 amide bonds. The molecule has 2 atom stereocenters. The van der Waals surface area contributed by atoms with Crippen LogP contribution in [0.15, 0.2) is 18.5 Å². The summed E-state index contributed by atoms with van der Waals surface area (Å²) in [6.07, 6.45) is 6.58. The lowest BCUT2D eigenvalue weighted by Crippen LogP contribution is -2.40. The quantitative estimate of drug-likeness (QED) is 0.816.